The van der Waals surface area contributed by atoms with Crippen molar-refractivity contribution in [3.05, 3.63) is 48.3 Å². The molecular formula is C21H29ClN6O2. The monoisotopic (exact) mass is 432 g/mol. The number of hydrogen-bond donors (Lipinski definition) is 2. The Balaban J connectivity index is 0.00000320. The average Bonchev–Trinajstić information content (AvgIpc) is 2.74. The number of benzene rings is 1. The number of carbonyl (C=O) groups excluding carboxylic acids is 2. The largest absolute Gasteiger partial charge is 0.339 e. The summed E-state index contributed by atoms with van der Waals surface area (Å²) in [5.41, 5.74) is 7.33. The van der Waals surface area contributed by atoms with Crippen molar-refractivity contribution >= 4 is 35.9 Å². The van der Waals surface area contributed by atoms with Gasteiger partial charge >= 0.3 is 0 Å². The Hall–Kier alpha value is -2.71. The fourth-order valence-corrected chi connectivity index (χ4v) is 3.18. The van der Waals surface area contributed by atoms with Gasteiger partial charge in [-0.1, -0.05) is 12.1 Å². The Kier molecular flexibility index (Phi) is 9.01. The fourth-order valence-electron chi connectivity index (χ4n) is 3.18. The highest BCUT2D eigenvalue weighted by Crippen LogP contribution is 2.14. The van der Waals surface area contributed by atoms with E-state index in [4.69, 9.17) is 5.73 Å². The molecule has 0 radical (unpaired) electrons. The molecule has 1 aromatic carbocycles. The van der Waals surface area contributed by atoms with E-state index in [1.54, 1.807) is 18.5 Å². The summed E-state index contributed by atoms with van der Waals surface area (Å²) in [7, 11) is 0. The minimum Gasteiger partial charge on any atom is -0.339 e. The third-order valence-corrected chi connectivity index (χ3v) is 4.89. The maximum atomic E-state index is 12.6. The van der Waals surface area contributed by atoms with Crippen molar-refractivity contribution < 1.29 is 9.59 Å². The Morgan fingerprint density at radius 3 is 2.33 bits per heavy atom. The van der Waals surface area contributed by atoms with E-state index in [9.17, 15) is 9.59 Å². The Morgan fingerprint density at radius 2 is 1.73 bits per heavy atom. The number of aromatic nitrogens is 2. The zero-order valence-electron chi connectivity index (χ0n) is 17.2. The maximum absolute atomic E-state index is 12.6. The van der Waals surface area contributed by atoms with Gasteiger partial charge < -0.3 is 20.9 Å². The number of amides is 2. The first kappa shape index (κ1) is 23.6. The van der Waals surface area contributed by atoms with E-state index in [0.29, 0.717) is 38.3 Å². The van der Waals surface area contributed by atoms with Crippen molar-refractivity contribution in [3.8, 4) is 0 Å². The molecule has 1 aromatic heterocycles. The SMILES string of the molecule is CC(N)CCC(=O)Nc1ccc(CC(=O)N2CCN(c3ncccn3)CC2)cc1.Cl. The second-order valence-corrected chi connectivity index (χ2v) is 7.35. The summed E-state index contributed by atoms with van der Waals surface area (Å²) in [6.07, 6.45) is 4.86. The standard InChI is InChI=1S/C21H28N6O2.ClH/c1-16(22)3-8-19(28)25-18-6-4-17(5-7-18)15-20(29)26-11-13-27(14-12-26)21-23-9-2-10-24-21;/h2,4-7,9-10,16H,3,8,11-15,22H2,1H3,(H,25,28);1H. The molecule has 1 unspecified atom stereocenters. The lowest BCUT2D eigenvalue weighted by molar-refractivity contribution is -0.130. The summed E-state index contributed by atoms with van der Waals surface area (Å²) in [5.74, 6) is 0.761. The van der Waals surface area contributed by atoms with Crippen LogP contribution in [0.25, 0.3) is 0 Å². The normalized spacial score (nSPS) is 14.6. The Morgan fingerprint density at radius 1 is 1.10 bits per heavy atom. The quantitative estimate of drug-likeness (QED) is 0.691. The molecule has 1 aliphatic heterocycles. The lowest BCUT2D eigenvalue weighted by Crippen LogP contribution is -2.49. The van der Waals surface area contributed by atoms with Gasteiger partial charge in [0, 0.05) is 56.7 Å². The van der Waals surface area contributed by atoms with E-state index in [0.717, 1.165) is 24.3 Å². The molecule has 0 saturated carbocycles. The number of nitrogens with one attached hydrogen (secondary N) is 1. The van der Waals surface area contributed by atoms with E-state index in [1.807, 2.05) is 36.1 Å². The van der Waals surface area contributed by atoms with Crippen molar-refractivity contribution in [1.29, 1.82) is 0 Å². The van der Waals surface area contributed by atoms with Gasteiger partial charge in [0.15, 0.2) is 0 Å². The highest BCUT2D eigenvalue weighted by molar-refractivity contribution is 5.90. The number of piperazine rings is 1. The second-order valence-electron chi connectivity index (χ2n) is 7.35. The van der Waals surface area contributed by atoms with Gasteiger partial charge in [-0.2, -0.15) is 0 Å². The van der Waals surface area contributed by atoms with Gasteiger partial charge in [0.1, 0.15) is 0 Å². The summed E-state index contributed by atoms with van der Waals surface area (Å²) in [6.45, 7) is 4.65. The van der Waals surface area contributed by atoms with E-state index in [2.05, 4.69) is 20.2 Å². The van der Waals surface area contributed by atoms with E-state index in [-0.39, 0.29) is 30.3 Å². The van der Waals surface area contributed by atoms with Crippen LogP contribution < -0.4 is 16.0 Å². The van der Waals surface area contributed by atoms with E-state index in [1.165, 1.54) is 0 Å². The number of nitrogens with two attached hydrogens (primary N) is 1. The first-order valence-electron chi connectivity index (χ1n) is 9.95. The molecule has 1 aliphatic rings. The molecule has 1 fully saturated rings. The molecule has 3 N–H and O–H groups in total. The van der Waals surface area contributed by atoms with Gasteiger partial charge in [0.25, 0.3) is 0 Å². The second kappa shape index (κ2) is 11.5. The highest BCUT2D eigenvalue weighted by atomic mass is 35.5. The number of halogens is 1. The van der Waals surface area contributed by atoms with E-state index < -0.39 is 0 Å². The van der Waals surface area contributed by atoms with Crippen molar-refractivity contribution in [2.45, 2.75) is 32.2 Å². The van der Waals surface area contributed by atoms with Crippen LogP contribution in [-0.4, -0.2) is 58.9 Å². The summed E-state index contributed by atoms with van der Waals surface area (Å²) < 4.78 is 0. The van der Waals surface area contributed by atoms with Gasteiger partial charge in [0.05, 0.1) is 6.42 Å². The highest BCUT2D eigenvalue weighted by Gasteiger charge is 2.22. The first-order chi connectivity index (χ1) is 14.0. The molecule has 162 valence electrons. The first-order valence-corrected chi connectivity index (χ1v) is 9.95. The maximum Gasteiger partial charge on any atom is 0.227 e. The molecule has 2 aromatic rings. The van der Waals surface area contributed by atoms with Crippen LogP contribution in [0.15, 0.2) is 42.7 Å². The van der Waals surface area contributed by atoms with Gasteiger partial charge in [-0.15, -0.1) is 12.4 Å². The van der Waals surface area contributed by atoms with Crippen molar-refractivity contribution in [1.82, 2.24) is 14.9 Å². The molecule has 0 aliphatic carbocycles. The zero-order valence-corrected chi connectivity index (χ0v) is 18.0. The lowest BCUT2D eigenvalue weighted by atomic mass is 10.1. The topological polar surface area (TPSA) is 104 Å². The molecule has 9 heteroatoms. The van der Waals surface area contributed by atoms with Crippen LogP contribution in [0, 0.1) is 0 Å². The molecular weight excluding hydrogens is 404 g/mol. The number of nitrogens with zero attached hydrogens (tertiary/aromatic N) is 4. The molecule has 3 rings (SSSR count). The number of anilines is 2. The van der Waals surface area contributed by atoms with Crippen molar-refractivity contribution in [2.24, 2.45) is 5.73 Å². The van der Waals surface area contributed by atoms with Crippen LogP contribution >= 0.6 is 12.4 Å². The van der Waals surface area contributed by atoms with Gasteiger partial charge in [-0.3, -0.25) is 9.59 Å². The molecule has 1 atom stereocenters. The van der Waals surface area contributed by atoms with Crippen molar-refractivity contribution in [3.63, 3.8) is 0 Å². The minimum absolute atomic E-state index is 0. The Bertz CT molecular complexity index is 808. The van der Waals surface area contributed by atoms with Crippen LogP contribution in [0.3, 0.4) is 0 Å². The molecule has 1 saturated heterocycles. The van der Waals surface area contributed by atoms with Crippen LogP contribution in [0.5, 0.6) is 0 Å². The average molecular weight is 433 g/mol. The third-order valence-electron chi connectivity index (χ3n) is 4.89. The van der Waals surface area contributed by atoms with Gasteiger partial charge in [-0.05, 0) is 37.1 Å². The Labute approximate surface area is 183 Å². The summed E-state index contributed by atoms with van der Waals surface area (Å²) >= 11 is 0. The van der Waals surface area contributed by atoms with Crippen LogP contribution in [0.4, 0.5) is 11.6 Å². The number of hydrogen-bond acceptors (Lipinski definition) is 6. The fraction of sp³-hybridized carbons (Fsp3) is 0.429. The van der Waals surface area contributed by atoms with Gasteiger partial charge in [-0.25, -0.2) is 9.97 Å². The number of rotatable bonds is 7. The summed E-state index contributed by atoms with van der Waals surface area (Å²) in [4.78, 5) is 37.0. The molecule has 0 bridgehead atoms. The summed E-state index contributed by atoms with van der Waals surface area (Å²) in [6, 6.07) is 9.23. The number of carbonyl (C=O) groups is 2. The molecule has 8 nitrogen and oxygen atoms in total. The van der Waals surface area contributed by atoms with Crippen LogP contribution in [0.1, 0.15) is 25.3 Å². The van der Waals surface area contributed by atoms with Crippen LogP contribution in [0.2, 0.25) is 0 Å². The summed E-state index contributed by atoms with van der Waals surface area (Å²) in [5, 5.41) is 2.85. The molecule has 2 amide bonds. The molecule has 30 heavy (non-hydrogen) atoms. The predicted octanol–water partition coefficient (Wildman–Crippen LogP) is 1.86. The molecule has 0 spiro atoms. The smallest absolute Gasteiger partial charge is 0.227 e. The predicted molar refractivity (Wildman–Crippen MR) is 120 cm³/mol. The molecule has 2 heterocycles. The van der Waals surface area contributed by atoms with Crippen LogP contribution in [-0.2, 0) is 16.0 Å². The lowest BCUT2D eigenvalue weighted by Gasteiger charge is -2.34. The third kappa shape index (κ3) is 6.96. The van der Waals surface area contributed by atoms with E-state index >= 15 is 0 Å². The van der Waals surface area contributed by atoms with Crippen molar-refractivity contribution in [2.75, 3.05) is 36.4 Å². The zero-order chi connectivity index (χ0) is 20.6. The minimum atomic E-state index is -0.0496. The van der Waals surface area contributed by atoms with Gasteiger partial charge in [0.2, 0.25) is 17.8 Å².